The maximum atomic E-state index is 13.4. The van der Waals surface area contributed by atoms with Crippen LogP contribution in [0.5, 0.6) is 0 Å². The van der Waals surface area contributed by atoms with Gasteiger partial charge in [0.2, 0.25) is 5.91 Å². The molecule has 2 aromatic rings. The molecule has 154 valence electrons. The molecule has 0 radical (unpaired) electrons. The predicted molar refractivity (Wildman–Crippen MR) is 114 cm³/mol. The van der Waals surface area contributed by atoms with Crippen molar-refractivity contribution in [3.05, 3.63) is 71.3 Å². The van der Waals surface area contributed by atoms with Gasteiger partial charge in [-0.1, -0.05) is 74.9 Å². The van der Waals surface area contributed by atoms with E-state index in [9.17, 15) is 14.7 Å². The van der Waals surface area contributed by atoms with Crippen LogP contribution in [0.15, 0.2) is 54.6 Å². The number of hydrogen-bond donors (Lipinski definition) is 3. The number of carboxylic acid groups (broad SMARTS) is 1. The Morgan fingerprint density at radius 1 is 1.10 bits per heavy atom. The largest absolute Gasteiger partial charge is 0.480 e. The smallest absolute Gasteiger partial charge is 0.326 e. The highest BCUT2D eigenvalue weighted by molar-refractivity contribution is 5.95. The lowest BCUT2D eigenvalue weighted by Crippen LogP contribution is -2.48. The minimum Gasteiger partial charge on any atom is -0.480 e. The first-order valence-electron chi connectivity index (χ1n) is 9.74. The molecule has 0 saturated heterocycles. The van der Waals surface area contributed by atoms with Crippen molar-refractivity contribution in [1.82, 2.24) is 4.90 Å². The predicted octanol–water partition coefficient (Wildman–Crippen LogP) is 3.25. The number of nitrogens with two attached hydrogens (primary N) is 1. The fourth-order valence-corrected chi connectivity index (χ4v) is 3.49. The van der Waals surface area contributed by atoms with E-state index in [1.54, 1.807) is 19.2 Å². The van der Waals surface area contributed by atoms with Crippen molar-refractivity contribution >= 4 is 17.7 Å². The quantitative estimate of drug-likeness (QED) is 0.447. The third-order valence-corrected chi connectivity index (χ3v) is 5.41. The zero-order valence-corrected chi connectivity index (χ0v) is 17.1. The zero-order chi connectivity index (χ0) is 21.6. The Bertz CT molecular complexity index is 849. The summed E-state index contributed by atoms with van der Waals surface area (Å²) >= 11 is 0. The van der Waals surface area contributed by atoms with E-state index in [2.05, 4.69) is 0 Å². The molecule has 2 rings (SSSR count). The first kappa shape index (κ1) is 22.1. The molecule has 0 aromatic heterocycles. The van der Waals surface area contributed by atoms with Crippen molar-refractivity contribution in [2.24, 2.45) is 11.7 Å². The molecule has 6 heteroatoms. The molecule has 0 bridgehead atoms. The van der Waals surface area contributed by atoms with Crippen molar-refractivity contribution < 1.29 is 14.7 Å². The number of amidine groups is 1. The summed E-state index contributed by atoms with van der Waals surface area (Å²) in [6.07, 6.45) is 1.09. The highest BCUT2D eigenvalue weighted by Gasteiger charge is 2.34. The number of nitrogens with zero attached hydrogens (tertiary/aromatic N) is 1. The number of carbonyl (C=O) groups excluding carboxylic acids is 1. The molecule has 3 atom stereocenters. The molecular weight excluding hydrogens is 366 g/mol. The van der Waals surface area contributed by atoms with Crippen LogP contribution in [-0.4, -0.2) is 40.8 Å². The molecule has 0 spiro atoms. The van der Waals surface area contributed by atoms with Crippen molar-refractivity contribution in [3.8, 4) is 0 Å². The number of likely N-dealkylation sites (N-methyl/N-ethyl adjacent to an activating group) is 1. The van der Waals surface area contributed by atoms with Gasteiger partial charge in [0.15, 0.2) is 0 Å². The molecule has 0 fully saturated rings. The third kappa shape index (κ3) is 5.44. The van der Waals surface area contributed by atoms with Gasteiger partial charge in [-0.3, -0.25) is 10.2 Å². The van der Waals surface area contributed by atoms with Crippen molar-refractivity contribution in [1.29, 1.82) is 5.41 Å². The Morgan fingerprint density at radius 2 is 1.69 bits per heavy atom. The van der Waals surface area contributed by atoms with Crippen LogP contribution in [-0.2, 0) is 16.0 Å². The fraction of sp³-hybridized carbons (Fsp3) is 0.348. The van der Waals surface area contributed by atoms with Gasteiger partial charge in [-0.25, -0.2) is 4.79 Å². The molecular formula is C23H29N3O3. The van der Waals surface area contributed by atoms with Crippen LogP contribution in [0.4, 0.5) is 0 Å². The molecule has 0 aliphatic heterocycles. The molecule has 1 amide bonds. The van der Waals surface area contributed by atoms with E-state index >= 15 is 0 Å². The van der Waals surface area contributed by atoms with Gasteiger partial charge in [-0.2, -0.15) is 0 Å². The number of nitrogen functional groups attached to an aromatic ring is 1. The standard InChI is InChI=1S/C23H29N3O3/c1-4-15(2)20(23(28)29)26(3)22(27)19(17-8-6-5-7-9-17)14-16-10-12-18(13-11-16)21(24)25/h5-13,15,19-20H,4,14H2,1-3H3,(H3,24,25)(H,28,29)/t15?,19-,20?/m0/s1. The Labute approximate surface area is 171 Å². The van der Waals surface area contributed by atoms with Gasteiger partial charge < -0.3 is 15.7 Å². The van der Waals surface area contributed by atoms with Gasteiger partial charge in [-0.15, -0.1) is 0 Å². The summed E-state index contributed by atoms with van der Waals surface area (Å²) in [5.74, 6) is -1.89. The van der Waals surface area contributed by atoms with Crippen LogP contribution >= 0.6 is 0 Å². The normalized spacial score (nSPS) is 13.9. The van der Waals surface area contributed by atoms with E-state index < -0.39 is 17.9 Å². The van der Waals surface area contributed by atoms with Crippen LogP contribution in [0.1, 0.15) is 42.9 Å². The molecule has 2 unspecified atom stereocenters. The second kappa shape index (κ2) is 9.87. The Kier molecular flexibility index (Phi) is 7.53. The molecule has 2 aromatic carbocycles. The summed E-state index contributed by atoms with van der Waals surface area (Å²) in [6, 6.07) is 15.7. The summed E-state index contributed by atoms with van der Waals surface area (Å²) in [4.78, 5) is 26.6. The van der Waals surface area contributed by atoms with E-state index in [4.69, 9.17) is 11.1 Å². The number of carboxylic acids is 1. The molecule has 0 aliphatic carbocycles. The lowest BCUT2D eigenvalue weighted by Gasteiger charge is -2.32. The van der Waals surface area contributed by atoms with E-state index in [1.165, 1.54) is 4.90 Å². The summed E-state index contributed by atoms with van der Waals surface area (Å²) in [6.45, 7) is 3.77. The van der Waals surface area contributed by atoms with E-state index in [0.29, 0.717) is 18.4 Å². The SMILES string of the molecule is CCC(C)C(C(=O)O)N(C)C(=O)[C@@H](Cc1ccc(C(=N)N)cc1)c1ccccc1. The van der Waals surface area contributed by atoms with Crippen LogP contribution in [0.25, 0.3) is 0 Å². The molecule has 6 nitrogen and oxygen atoms in total. The van der Waals surface area contributed by atoms with Gasteiger partial charge in [0.1, 0.15) is 11.9 Å². The van der Waals surface area contributed by atoms with Gasteiger partial charge in [0, 0.05) is 12.6 Å². The molecule has 0 saturated carbocycles. The third-order valence-electron chi connectivity index (χ3n) is 5.41. The maximum absolute atomic E-state index is 13.4. The maximum Gasteiger partial charge on any atom is 0.326 e. The first-order valence-corrected chi connectivity index (χ1v) is 9.74. The number of aliphatic carboxylic acids is 1. The lowest BCUT2D eigenvalue weighted by atomic mass is 9.89. The van der Waals surface area contributed by atoms with Gasteiger partial charge >= 0.3 is 5.97 Å². The van der Waals surface area contributed by atoms with E-state index in [1.807, 2.05) is 56.3 Å². The summed E-state index contributed by atoms with van der Waals surface area (Å²) in [5.41, 5.74) is 7.89. The molecule has 29 heavy (non-hydrogen) atoms. The Balaban J connectivity index is 2.36. The highest BCUT2D eigenvalue weighted by Crippen LogP contribution is 2.26. The average molecular weight is 396 g/mol. The van der Waals surface area contributed by atoms with Crippen molar-refractivity contribution in [3.63, 3.8) is 0 Å². The topological polar surface area (TPSA) is 107 Å². The van der Waals surface area contributed by atoms with E-state index in [0.717, 1.165) is 11.1 Å². The lowest BCUT2D eigenvalue weighted by molar-refractivity contribution is -0.151. The van der Waals surface area contributed by atoms with Crippen LogP contribution < -0.4 is 5.73 Å². The monoisotopic (exact) mass is 395 g/mol. The highest BCUT2D eigenvalue weighted by atomic mass is 16.4. The van der Waals surface area contributed by atoms with E-state index in [-0.39, 0.29) is 17.7 Å². The Hall–Kier alpha value is -3.15. The van der Waals surface area contributed by atoms with Gasteiger partial charge in [0.05, 0.1) is 5.92 Å². The van der Waals surface area contributed by atoms with Crippen LogP contribution in [0.3, 0.4) is 0 Å². The van der Waals surface area contributed by atoms with Gasteiger partial charge in [-0.05, 0) is 23.5 Å². The summed E-state index contributed by atoms with van der Waals surface area (Å²) in [5, 5.41) is 17.2. The molecule has 0 heterocycles. The van der Waals surface area contributed by atoms with Crippen molar-refractivity contribution in [2.45, 2.75) is 38.6 Å². The Morgan fingerprint density at radius 3 is 2.17 bits per heavy atom. The minimum absolute atomic E-state index is 0.00942. The first-order chi connectivity index (χ1) is 13.8. The van der Waals surface area contributed by atoms with Crippen molar-refractivity contribution in [2.75, 3.05) is 7.05 Å². The summed E-state index contributed by atoms with van der Waals surface area (Å²) in [7, 11) is 1.57. The van der Waals surface area contributed by atoms with Crippen LogP contribution in [0.2, 0.25) is 0 Å². The zero-order valence-electron chi connectivity index (χ0n) is 17.1. The second-order valence-electron chi connectivity index (χ2n) is 7.40. The number of benzene rings is 2. The second-order valence-corrected chi connectivity index (χ2v) is 7.40. The molecule has 0 aliphatic rings. The number of nitrogens with one attached hydrogen (secondary N) is 1. The molecule has 4 N–H and O–H groups in total. The fourth-order valence-electron chi connectivity index (χ4n) is 3.49. The average Bonchev–Trinajstić information content (AvgIpc) is 2.72. The number of amides is 1. The minimum atomic E-state index is -0.993. The number of rotatable bonds is 9. The number of carbonyl (C=O) groups is 2. The number of hydrogen-bond acceptors (Lipinski definition) is 3. The van der Waals surface area contributed by atoms with Gasteiger partial charge in [0.25, 0.3) is 0 Å². The van der Waals surface area contributed by atoms with Crippen LogP contribution in [0, 0.1) is 11.3 Å². The summed E-state index contributed by atoms with van der Waals surface area (Å²) < 4.78 is 0.